The molecule has 0 unspecified atom stereocenters. The van der Waals surface area contributed by atoms with Crippen LogP contribution in [0.4, 0.5) is 11.4 Å². The maximum absolute atomic E-state index is 11.1. The summed E-state index contributed by atoms with van der Waals surface area (Å²) in [4.78, 5) is 22.0. The van der Waals surface area contributed by atoms with Crippen molar-refractivity contribution in [3.05, 3.63) is 41.5 Å². The molecule has 0 saturated carbocycles. The Balaban J connectivity index is 0.00000450. The number of benzene rings is 2. The Morgan fingerprint density at radius 3 is 2.07 bits per heavy atom. The van der Waals surface area contributed by atoms with E-state index in [2.05, 4.69) is 6.07 Å². The molecule has 2 aromatic rings. The monoisotopic (exact) mass is 641 g/mol. The summed E-state index contributed by atoms with van der Waals surface area (Å²) in [5.74, 6) is -1.17. The number of rotatable bonds is 11. The molecule has 0 heterocycles. The van der Waals surface area contributed by atoms with Gasteiger partial charge in [0.1, 0.15) is 0 Å². The van der Waals surface area contributed by atoms with E-state index in [1.807, 2.05) is 0 Å². The van der Waals surface area contributed by atoms with Gasteiger partial charge < -0.3 is 35.9 Å². The zero-order chi connectivity index (χ0) is 21.4. The zero-order valence-electron chi connectivity index (χ0n) is 16.4. The van der Waals surface area contributed by atoms with Crippen molar-refractivity contribution in [1.82, 2.24) is 0 Å². The zero-order valence-corrected chi connectivity index (χ0v) is 20.6. The van der Waals surface area contributed by atoms with Crippen LogP contribution in [0.15, 0.2) is 24.3 Å². The fourth-order valence-electron chi connectivity index (χ4n) is 2.53. The van der Waals surface area contributed by atoms with Gasteiger partial charge in [0, 0.05) is 49.0 Å². The van der Waals surface area contributed by atoms with Crippen molar-refractivity contribution >= 4 is 23.3 Å². The summed E-state index contributed by atoms with van der Waals surface area (Å²) in [6.07, 6.45) is 2.29. The van der Waals surface area contributed by atoms with E-state index in [4.69, 9.17) is 35.9 Å². The summed E-state index contributed by atoms with van der Waals surface area (Å²) < 4.78 is 16.3. The summed E-state index contributed by atoms with van der Waals surface area (Å²) >= 11 is 0. The molecule has 9 nitrogen and oxygen atoms in total. The minimum atomic E-state index is -1.14. The molecular weight excluding hydrogens is 618 g/mol. The van der Waals surface area contributed by atoms with Crippen LogP contribution >= 0.6 is 0 Å². The Labute approximate surface area is 197 Å². The Morgan fingerprint density at radius 2 is 1.50 bits per heavy atom. The number of hydrogen-bond acceptors (Lipinski definition) is 7. The normalized spacial score (nSPS) is 10.0. The molecule has 2 aromatic carbocycles. The molecule has 0 amide bonds. The van der Waals surface area contributed by atoms with E-state index < -0.39 is 11.9 Å². The van der Waals surface area contributed by atoms with Crippen LogP contribution in [-0.4, -0.2) is 42.5 Å². The number of methoxy groups -OCH3 is 1. The number of nitrogen functional groups attached to an aromatic ring is 2. The average Bonchev–Trinajstić information content (AvgIpc) is 2.66. The van der Waals surface area contributed by atoms with Gasteiger partial charge in [-0.15, -0.1) is 12.1 Å². The number of carboxylic acid groups (broad SMARTS) is 2. The number of ether oxygens (including phenoxy) is 3. The van der Waals surface area contributed by atoms with Crippen molar-refractivity contribution in [2.75, 3.05) is 31.8 Å². The van der Waals surface area contributed by atoms with Gasteiger partial charge in [0.05, 0.1) is 31.6 Å². The Kier molecular flexibility index (Phi) is 10.4. The van der Waals surface area contributed by atoms with Crippen molar-refractivity contribution in [3.63, 3.8) is 0 Å². The largest absolute Gasteiger partial charge is 0.519 e. The maximum Gasteiger partial charge on any atom is 0.337 e. The summed E-state index contributed by atoms with van der Waals surface area (Å²) in [6.45, 7) is 0.820. The Bertz CT molecular complexity index is 890. The van der Waals surface area contributed by atoms with Gasteiger partial charge in [-0.1, -0.05) is 5.69 Å². The van der Waals surface area contributed by atoms with Gasteiger partial charge in [0.2, 0.25) is 0 Å². The van der Waals surface area contributed by atoms with Crippen molar-refractivity contribution in [2.45, 2.75) is 19.3 Å². The van der Waals surface area contributed by atoms with Gasteiger partial charge in [-0.3, -0.25) is 4.79 Å². The molecule has 0 bridgehead atoms. The third-order valence-corrected chi connectivity index (χ3v) is 4.06. The van der Waals surface area contributed by atoms with E-state index in [-0.39, 0.29) is 53.6 Å². The standard InChI is InChI=1S/C20H23N2O7.U/c1-27-17-10-14(20(25)26)16(22)11-18(17)29-8-4-2-3-7-28-12-5-6-13(19(23)24)15(21)9-12;/h6,9-11H,2-4,7-8,21-22H2,1H3,(H,23,24)(H,25,26);/q-1;. The Morgan fingerprint density at radius 1 is 0.900 bits per heavy atom. The third-order valence-electron chi connectivity index (χ3n) is 4.06. The molecule has 160 valence electrons. The number of anilines is 2. The molecule has 0 spiro atoms. The predicted octanol–water partition coefficient (Wildman–Crippen LogP) is 2.68. The van der Waals surface area contributed by atoms with Gasteiger partial charge in [-0.2, -0.15) is 6.07 Å². The molecule has 0 saturated heterocycles. The molecule has 10 heteroatoms. The number of nitrogens with two attached hydrogens (primary N) is 2. The first-order chi connectivity index (χ1) is 13.8. The number of hydrogen-bond donors (Lipinski definition) is 4. The number of unbranched alkanes of at least 4 members (excludes halogenated alkanes) is 2. The smallest absolute Gasteiger partial charge is 0.337 e. The van der Waals surface area contributed by atoms with Crippen LogP contribution in [-0.2, 0) is 0 Å². The maximum atomic E-state index is 11.1. The summed E-state index contributed by atoms with van der Waals surface area (Å²) in [6, 6.07) is 8.23. The molecule has 30 heavy (non-hydrogen) atoms. The van der Waals surface area contributed by atoms with E-state index in [9.17, 15) is 9.59 Å². The molecule has 0 fully saturated rings. The van der Waals surface area contributed by atoms with Crippen LogP contribution in [0.25, 0.3) is 0 Å². The van der Waals surface area contributed by atoms with Gasteiger partial charge in [-0.25, -0.2) is 4.79 Å². The van der Waals surface area contributed by atoms with Gasteiger partial charge >= 0.3 is 5.97 Å². The topological polar surface area (TPSA) is 154 Å². The molecule has 0 aromatic heterocycles. The quantitative estimate of drug-likeness (QED) is 0.165. The summed E-state index contributed by atoms with van der Waals surface area (Å²) in [5.41, 5.74) is 11.6. The first-order valence-corrected chi connectivity index (χ1v) is 8.84. The summed E-state index contributed by atoms with van der Waals surface area (Å²) in [7, 11) is 1.42. The van der Waals surface area contributed by atoms with Crippen molar-refractivity contribution in [2.24, 2.45) is 0 Å². The molecular formula is C20H23N2O7U-. The third kappa shape index (κ3) is 7.04. The summed E-state index contributed by atoms with van der Waals surface area (Å²) in [5, 5.41) is 18.0. The van der Waals surface area contributed by atoms with E-state index in [0.717, 1.165) is 19.3 Å². The van der Waals surface area contributed by atoms with Crippen LogP contribution in [0.5, 0.6) is 17.2 Å². The van der Waals surface area contributed by atoms with Crippen LogP contribution in [0, 0.1) is 37.2 Å². The van der Waals surface area contributed by atoms with Crippen molar-refractivity contribution in [3.8, 4) is 17.2 Å². The van der Waals surface area contributed by atoms with E-state index in [1.54, 1.807) is 0 Å². The van der Waals surface area contributed by atoms with Crippen LogP contribution in [0.3, 0.4) is 0 Å². The van der Waals surface area contributed by atoms with E-state index in [0.29, 0.717) is 30.5 Å². The first-order valence-electron chi connectivity index (χ1n) is 8.84. The fourth-order valence-corrected chi connectivity index (χ4v) is 2.53. The van der Waals surface area contributed by atoms with Crippen LogP contribution < -0.4 is 25.7 Å². The van der Waals surface area contributed by atoms with E-state index >= 15 is 0 Å². The van der Waals surface area contributed by atoms with Gasteiger partial charge in [0.15, 0.2) is 11.5 Å². The molecule has 0 aliphatic carbocycles. The fraction of sp³-hybridized carbons (Fsp3) is 0.300. The number of carbonyl (C=O) groups is 2. The Hall–Kier alpha value is -2.57. The van der Waals surface area contributed by atoms with Crippen LogP contribution in [0.2, 0.25) is 0 Å². The molecule has 0 atom stereocenters. The molecule has 0 aliphatic rings. The second kappa shape index (κ2) is 12.2. The van der Waals surface area contributed by atoms with Crippen LogP contribution in [0.1, 0.15) is 40.0 Å². The minimum absolute atomic E-state index is 0. The molecule has 0 aliphatic heterocycles. The molecule has 0 radical (unpaired) electrons. The SMILES string of the molecule is COc1cc(C(=O)O)c(N)cc1OCCCCCOc1[c-]cc(C(=O)O)c(N)c1.[U]. The second-order valence-corrected chi connectivity index (χ2v) is 6.12. The minimum Gasteiger partial charge on any atom is -0.519 e. The van der Waals surface area contributed by atoms with Gasteiger partial charge in [0.25, 0.3) is 5.97 Å². The first kappa shape index (κ1) is 25.5. The number of aromatic carboxylic acids is 2. The van der Waals surface area contributed by atoms with Gasteiger partial charge in [-0.05, 0) is 24.8 Å². The molecule has 2 rings (SSSR count). The molecule has 6 N–H and O–H groups in total. The van der Waals surface area contributed by atoms with E-state index in [1.165, 1.54) is 31.4 Å². The number of carboxylic acids is 2. The van der Waals surface area contributed by atoms with Crippen molar-refractivity contribution < 1.29 is 65.1 Å². The second-order valence-electron chi connectivity index (χ2n) is 6.12. The van der Waals surface area contributed by atoms with Crippen molar-refractivity contribution in [1.29, 1.82) is 0 Å². The average molecular weight is 641 g/mol. The predicted molar refractivity (Wildman–Crippen MR) is 106 cm³/mol.